The van der Waals surface area contributed by atoms with Crippen molar-refractivity contribution in [1.29, 1.82) is 0 Å². The summed E-state index contributed by atoms with van der Waals surface area (Å²) in [5.74, 6) is 0.556. The van der Waals surface area contributed by atoms with Crippen LogP contribution in [0.3, 0.4) is 0 Å². The van der Waals surface area contributed by atoms with Crippen molar-refractivity contribution in [3.05, 3.63) is 41.2 Å². The summed E-state index contributed by atoms with van der Waals surface area (Å²) in [6.45, 7) is 4.02. The fraction of sp³-hybridized carbons (Fsp3) is 0.286. The lowest BCUT2D eigenvalue weighted by molar-refractivity contribution is 0.130. The molecule has 0 aliphatic rings. The molecule has 0 aliphatic heterocycles. The third kappa shape index (κ3) is 3.81. The molecule has 0 radical (unpaired) electrons. The van der Waals surface area contributed by atoms with Crippen molar-refractivity contribution < 1.29 is 9.68 Å². The van der Waals surface area contributed by atoms with Gasteiger partial charge in [0.1, 0.15) is 13.7 Å². The normalized spacial score (nSPS) is 11.1. The van der Waals surface area contributed by atoms with Crippen LogP contribution in [0.25, 0.3) is 0 Å². The van der Waals surface area contributed by atoms with E-state index in [1.165, 1.54) is 7.11 Å². The van der Waals surface area contributed by atoms with Crippen LogP contribution in [0, 0.1) is 0 Å². The number of anilines is 1. The maximum Gasteiger partial charge on any atom is 0.239 e. The molecule has 0 fully saturated rings. The fourth-order valence-electron chi connectivity index (χ4n) is 1.80. The van der Waals surface area contributed by atoms with Crippen LogP contribution >= 0.6 is 0 Å². The topological polar surface area (TPSA) is 111 Å². The molecule has 1 aromatic carbocycles. The number of aromatic nitrogens is 3. The summed E-state index contributed by atoms with van der Waals surface area (Å²) >= 11 is 0. The van der Waals surface area contributed by atoms with E-state index in [1.807, 2.05) is 38.1 Å². The number of hydrogen-bond donors (Lipinski definition) is 2. The fourth-order valence-corrected chi connectivity index (χ4v) is 1.80. The van der Waals surface area contributed by atoms with Crippen LogP contribution in [0.1, 0.15) is 30.8 Å². The molecular formula is C14H18N6O2. The highest BCUT2D eigenvalue weighted by Crippen LogP contribution is 2.15. The number of benzene rings is 1. The van der Waals surface area contributed by atoms with Crippen LogP contribution in [0.4, 0.5) is 5.95 Å². The zero-order valence-electron chi connectivity index (χ0n) is 12.7. The van der Waals surface area contributed by atoms with Gasteiger partial charge in [-0.2, -0.15) is 4.98 Å². The van der Waals surface area contributed by atoms with Crippen molar-refractivity contribution in [3.8, 4) is 0 Å². The third-order valence-corrected chi connectivity index (χ3v) is 2.65. The van der Waals surface area contributed by atoms with E-state index < -0.39 is 0 Å². The van der Waals surface area contributed by atoms with Crippen molar-refractivity contribution >= 4 is 17.4 Å². The summed E-state index contributed by atoms with van der Waals surface area (Å²) in [5, 5.41) is 14.5. The summed E-state index contributed by atoms with van der Waals surface area (Å²) in [6, 6.07) is 7.60. The van der Waals surface area contributed by atoms with E-state index in [9.17, 15) is 0 Å². The van der Waals surface area contributed by atoms with Gasteiger partial charge in [-0.15, -0.1) is 5.10 Å². The molecular weight excluding hydrogens is 284 g/mol. The minimum atomic E-state index is 0.138. The van der Waals surface area contributed by atoms with Gasteiger partial charge in [0.25, 0.3) is 0 Å². The number of rotatable bonds is 6. The lowest BCUT2D eigenvalue weighted by atomic mass is 10.0. The van der Waals surface area contributed by atoms with Crippen molar-refractivity contribution in [2.75, 3.05) is 12.8 Å². The lowest BCUT2D eigenvalue weighted by Crippen LogP contribution is -2.10. The summed E-state index contributed by atoms with van der Waals surface area (Å²) in [5.41, 5.74) is 8.56. The van der Waals surface area contributed by atoms with Crippen LogP contribution in [0.2, 0.25) is 0 Å². The van der Waals surface area contributed by atoms with E-state index in [2.05, 4.69) is 25.5 Å². The van der Waals surface area contributed by atoms with Crippen LogP contribution in [0.5, 0.6) is 0 Å². The molecule has 8 heteroatoms. The molecule has 1 aromatic heterocycles. The van der Waals surface area contributed by atoms with Gasteiger partial charge >= 0.3 is 0 Å². The van der Waals surface area contributed by atoms with Crippen LogP contribution in [0.15, 0.2) is 34.6 Å². The van der Waals surface area contributed by atoms with E-state index in [4.69, 9.17) is 15.4 Å². The average Bonchev–Trinajstić information content (AvgIpc) is 2.91. The molecule has 0 bridgehead atoms. The van der Waals surface area contributed by atoms with E-state index >= 15 is 0 Å². The van der Waals surface area contributed by atoms with Gasteiger partial charge in [-0.1, -0.05) is 34.6 Å². The van der Waals surface area contributed by atoms with Gasteiger partial charge in [-0.05, 0) is 13.8 Å². The van der Waals surface area contributed by atoms with E-state index in [1.54, 1.807) is 0 Å². The first-order valence-electron chi connectivity index (χ1n) is 6.62. The Morgan fingerprint density at radius 3 is 2.68 bits per heavy atom. The number of nitrogens with two attached hydrogens (primary N) is 1. The predicted molar refractivity (Wildman–Crippen MR) is 83.5 cm³/mol. The summed E-state index contributed by atoms with van der Waals surface area (Å²) in [7, 11) is 1.46. The highest BCUT2D eigenvalue weighted by Gasteiger charge is 2.16. The van der Waals surface area contributed by atoms with Crippen molar-refractivity contribution in [1.82, 2.24) is 15.2 Å². The zero-order chi connectivity index (χ0) is 15.9. The minimum absolute atomic E-state index is 0.138. The molecule has 8 nitrogen and oxygen atoms in total. The van der Waals surface area contributed by atoms with Gasteiger partial charge in [-0.25, -0.2) is 0 Å². The number of aromatic amines is 1. The Hall–Kier alpha value is -2.90. The second-order valence-corrected chi connectivity index (χ2v) is 4.63. The quantitative estimate of drug-likeness (QED) is 0.623. The Labute approximate surface area is 128 Å². The van der Waals surface area contributed by atoms with Gasteiger partial charge in [0, 0.05) is 11.1 Å². The third-order valence-electron chi connectivity index (χ3n) is 2.65. The molecule has 2 aromatic rings. The zero-order valence-corrected chi connectivity index (χ0v) is 12.7. The van der Waals surface area contributed by atoms with Gasteiger partial charge in [0.15, 0.2) is 11.5 Å². The number of hydrogen-bond acceptors (Lipinski definition) is 7. The Morgan fingerprint density at radius 1 is 1.27 bits per heavy atom. The number of nitrogens with zero attached hydrogens (tertiary/aromatic N) is 4. The average molecular weight is 302 g/mol. The Kier molecular flexibility index (Phi) is 5.07. The maximum absolute atomic E-state index is 5.55. The van der Waals surface area contributed by atoms with Crippen LogP contribution in [-0.2, 0) is 16.3 Å². The molecule has 22 heavy (non-hydrogen) atoms. The molecule has 0 unspecified atom stereocenters. The van der Waals surface area contributed by atoms with Gasteiger partial charge in [0.05, 0.1) is 5.71 Å². The van der Waals surface area contributed by atoms with Gasteiger partial charge < -0.3 is 15.4 Å². The Morgan fingerprint density at radius 2 is 2.05 bits per heavy atom. The summed E-state index contributed by atoms with van der Waals surface area (Å²) in [6.07, 6.45) is 0. The Balaban J connectivity index is 2.36. The molecule has 0 atom stereocenters. The smallest absolute Gasteiger partial charge is 0.239 e. The molecule has 2 rings (SSSR count). The predicted octanol–water partition coefficient (Wildman–Crippen LogP) is 1.70. The molecule has 1 heterocycles. The number of oxime groups is 2. The second-order valence-electron chi connectivity index (χ2n) is 4.63. The van der Waals surface area contributed by atoms with Gasteiger partial charge in [-0.3, -0.25) is 5.10 Å². The SMILES string of the molecule is CO/N=C(\c1nc(N)n[nH]1)c1ccccc1CON=C(C)C. The summed E-state index contributed by atoms with van der Waals surface area (Å²) < 4.78 is 0. The standard InChI is InChI=1S/C14H18N6O2/c1-9(2)19-22-8-10-6-4-5-7-11(10)12(20-21-3)13-16-14(15)18-17-13/h4-7H,8H2,1-3H3,(H3,15,16,17,18)/b20-12-. The Bertz CT molecular complexity index is 688. The first-order chi connectivity index (χ1) is 10.6. The van der Waals surface area contributed by atoms with E-state index in [0.717, 1.165) is 16.8 Å². The molecule has 3 N–H and O–H groups in total. The van der Waals surface area contributed by atoms with Crippen molar-refractivity contribution in [2.24, 2.45) is 10.3 Å². The number of nitrogen functional groups attached to an aromatic ring is 1. The van der Waals surface area contributed by atoms with Crippen LogP contribution < -0.4 is 5.73 Å². The number of nitrogens with one attached hydrogen (secondary N) is 1. The lowest BCUT2D eigenvalue weighted by Gasteiger charge is -2.09. The van der Waals surface area contributed by atoms with E-state index in [0.29, 0.717) is 18.1 Å². The monoisotopic (exact) mass is 302 g/mol. The van der Waals surface area contributed by atoms with E-state index in [-0.39, 0.29) is 5.95 Å². The van der Waals surface area contributed by atoms with Crippen molar-refractivity contribution in [2.45, 2.75) is 20.5 Å². The second kappa shape index (κ2) is 7.21. The molecule has 0 saturated carbocycles. The highest BCUT2D eigenvalue weighted by molar-refractivity contribution is 6.11. The van der Waals surface area contributed by atoms with Gasteiger partial charge in [0.2, 0.25) is 5.95 Å². The molecule has 0 aliphatic carbocycles. The molecule has 0 amide bonds. The first kappa shape index (κ1) is 15.5. The van der Waals surface area contributed by atoms with Crippen LogP contribution in [-0.4, -0.2) is 33.7 Å². The highest BCUT2D eigenvalue weighted by atomic mass is 16.6. The number of H-pyrrole nitrogens is 1. The van der Waals surface area contributed by atoms with Crippen molar-refractivity contribution in [3.63, 3.8) is 0 Å². The molecule has 0 saturated heterocycles. The summed E-state index contributed by atoms with van der Waals surface area (Å²) in [4.78, 5) is 14.3. The molecule has 116 valence electrons. The largest absolute Gasteiger partial charge is 0.399 e. The first-order valence-corrected chi connectivity index (χ1v) is 6.62. The maximum atomic E-state index is 5.55. The molecule has 0 spiro atoms. The minimum Gasteiger partial charge on any atom is -0.399 e.